The van der Waals surface area contributed by atoms with Gasteiger partial charge < -0.3 is 10.6 Å². The molecular formula is C13H22N2. The molecule has 0 heterocycles. The van der Waals surface area contributed by atoms with Crippen LogP contribution in [0.1, 0.15) is 33.3 Å². The number of anilines is 1. The number of para-hydroxylation sites is 1. The van der Waals surface area contributed by atoms with Crippen LogP contribution in [0.5, 0.6) is 0 Å². The minimum atomic E-state index is 0.477. The molecule has 0 bridgehead atoms. The molecule has 0 spiro atoms. The number of hydrogen-bond acceptors (Lipinski definition) is 2. The van der Waals surface area contributed by atoms with Gasteiger partial charge in [0.1, 0.15) is 0 Å². The van der Waals surface area contributed by atoms with Gasteiger partial charge in [-0.15, -0.1) is 0 Å². The first-order valence-electron chi connectivity index (χ1n) is 5.67. The van der Waals surface area contributed by atoms with Gasteiger partial charge in [-0.3, -0.25) is 0 Å². The predicted octanol–water partition coefficient (Wildman–Crippen LogP) is 3.00. The summed E-state index contributed by atoms with van der Waals surface area (Å²) in [7, 11) is 0. The normalized spacial score (nSPS) is 11.1. The van der Waals surface area contributed by atoms with Crippen LogP contribution >= 0.6 is 0 Å². The van der Waals surface area contributed by atoms with Crippen LogP contribution in [0.3, 0.4) is 0 Å². The molecule has 1 aromatic rings. The average molecular weight is 206 g/mol. The monoisotopic (exact) mass is 206 g/mol. The third-order valence-corrected chi connectivity index (χ3v) is 2.16. The van der Waals surface area contributed by atoms with E-state index >= 15 is 0 Å². The fraction of sp³-hybridized carbons (Fsp3) is 0.538. The Bertz CT molecular complexity index is 292. The second-order valence-electron chi connectivity index (χ2n) is 4.49. The van der Waals surface area contributed by atoms with E-state index in [2.05, 4.69) is 62.6 Å². The van der Waals surface area contributed by atoms with Crippen LogP contribution in [0.15, 0.2) is 24.3 Å². The summed E-state index contributed by atoms with van der Waals surface area (Å²) in [6.07, 6.45) is 0. The maximum absolute atomic E-state index is 3.46. The Morgan fingerprint density at radius 3 is 2.27 bits per heavy atom. The summed E-state index contributed by atoms with van der Waals surface area (Å²) < 4.78 is 0. The lowest BCUT2D eigenvalue weighted by molar-refractivity contribution is 0.589. The van der Waals surface area contributed by atoms with Gasteiger partial charge >= 0.3 is 0 Å². The summed E-state index contributed by atoms with van der Waals surface area (Å²) in [5.74, 6) is 0. The largest absolute Gasteiger partial charge is 0.383 e. The molecule has 0 unspecified atom stereocenters. The Labute approximate surface area is 93.1 Å². The summed E-state index contributed by atoms with van der Waals surface area (Å²) in [4.78, 5) is 0. The molecule has 0 atom stereocenters. The molecule has 2 nitrogen and oxygen atoms in total. The Kier molecular flexibility index (Phi) is 4.63. The fourth-order valence-electron chi connectivity index (χ4n) is 1.44. The summed E-state index contributed by atoms with van der Waals surface area (Å²) in [5.41, 5.74) is 2.57. The highest BCUT2D eigenvalue weighted by Gasteiger charge is 2.02. The molecule has 84 valence electrons. The van der Waals surface area contributed by atoms with E-state index in [9.17, 15) is 0 Å². The second-order valence-corrected chi connectivity index (χ2v) is 4.49. The Hall–Kier alpha value is -1.02. The molecule has 1 rings (SSSR count). The number of benzene rings is 1. The molecular weight excluding hydrogens is 184 g/mol. The Morgan fingerprint density at radius 1 is 1.00 bits per heavy atom. The van der Waals surface area contributed by atoms with E-state index in [1.807, 2.05) is 0 Å². The van der Waals surface area contributed by atoms with Gasteiger partial charge in [-0.05, 0) is 25.5 Å². The molecule has 0 fully saturated rings. The first-order chi connectivity index (χ1) is 7.09. The highest BCUT2D eigenvalue weighted by Crippen LogP contribution is 2.15. The third-order valence-electron chi connectivity index (χ3n) is 2.16. The molecule has 2 N–H and O–H groups in total. The summed E-state index contributed by atoms with van der Waals surface area (Å²) in [5, 5.41) is 6.89. The molecule has 0 aliphatic carbocycles. The van der Waals surface area contributed by atoms with Crippen molar-refractivity contribution in [2.24, 2.45) is 0 Å². The van der Waals surface area contributed by atoms with E-state index in [0.717, 1.165) is 6.54 Å². The molecule has 0 aliphatic heterocycles. The van der Waals surface area contributed by atoms with Crippen LogP contribution in [0.25, 0.3) is 0 Å². The average Bonchev–Trinajstić information content (AvgIpc) is 2.15. The van der Waals surface area contributed by atoms with E-state index in [4.69, 9.17) is 0 Å². The van der Waals surface area contributed by atoms with Crippen LogP contribution in [0.4, 0.5) is 5.69 Å². The van der Waals surface area contributed by atoms with Crippen molar-refractivity contribution in [3.63, 3.8) is 0 Å². The minimum Gasteiger partial charge on any atom is -0.383 e. The van der Waals surface area contributed by atoms with Crippen molar-refractivity contribution in [2.75, 3.05) is 5.32 Å². The van der Waals surface area contributed by atoms with Crippen LogP contribution in [-0.2, 0) is 6.54 Å². The number of hydrogen-bond donors (Lipinski definition) is 2. The van der Waals surface area contributed by atoms with Crippen LogP contribution in [0.2, 0.25) is 0 Å². The molecule has 15 heavy (non-hydrogen) atoms. The summed E-state index contributed by atoms with van der Waals surface area (Å²) in [6, 6.07) is 9.46. The molecule has 1 aromatic carbocycles. The van der Waals surface area contributed by atoms with Crippen molar-refractivity contribution in [2.45, 2.75) is 46.3 Å². The van der Waals surface area contributed by atoms with E-state index in [1.54, 1.807) is 0 Å². The van der Waals surface area contributed by atoms with E-state index in [0.29, 0.717) is 12.1 Å². The SMILES string of the molecule is CC(C)NCc1ccccc1NC(C)C. The number of nitrogens with one attached hydrogen (secondary N) is 2. The molecule has 0 saturated carbocycles. The zero-order valence-corrected chi connectivity index (χ0v) is 10.2. The van der Waals surface area contributed by atoms with Gasteiger partial charge in [-0.2, -0.15) is 0 Å². The van der Waals surface area contributed by atoms with E-state index in [1.165, 1.54) is 11.3 Å². The molecule has 0 aliphatic rings. The van der Waals surface area contributed by atoms with Gasteiger partial charge in [0.2, 0.25) is 0 Å². The molecule has 0 saturated heterocycles. The van der Waals surface area contributed by atoms with Gasteiger partial charge in [-0.1, -0.05) is 32.0 Å². The maximum atomic E-state index is 3.46. The highest BCUT2D eigenvalue weighted by atomic mass is 14.9. The lowest BCUT2D eigenvalue weighted by Crippen LogP contribution is -2.23. The van der Waals surface area contributed by atoms with Crippen molar-refractivity contribution in [1.29, 1.82) is 0 Å². The first kappa shape index (κ1) is 12.1. The van der Waals surface area contributed by atoms with Gasteiger partial charge in [0.15, 0.2) is 0 Å². The smallest absolute Gasteiger partial charge is 0.0387 e. The van der Waals surface area contributed by atoms with E-state index in [-0.39, 0.29) is 0 Å². The molecule has 0 radical (unpaired) electrons. The zero-order valence-electron chi connectivity index (χ0n) is 10.2. The first-order valence-corrected chi connectivity index (χ1v) is 5.67. The van der Waals surface area contributed by atoms with Crippen molar-refractivity contribution in [3.05, 3.63) is 29.8 Å². The maximum Gasteiger partial charge on any atom is 0.0387 e. The lowest BCUT2D eigenvalue weighted by Gasteiger charge is -2.16. The number of rotatable bonds is 5. The summed E-state index contributed by atoms with van der Waals surface area (Å²) in [6.45, 7) is 9.57. The third kappa shape index (κ3) is 4.34. The van der Waals surface area contributed by atoms with E-state index < -0.39 is 0 Å². The molecule has 0 aromatic heterocycles. The zero-order chi connectivity index (χ0) is 11.3. The second kappa shape index (κ2) is 5.76. The van der Waals surface area contributed by atoms with Gasteiger partial charge in [0.25, 0.3) is 0 Å². The standard InChI is InChI=1S/C13H22N2/c1-10(2)14-9-12-7-5-6-8-13(12)15-11(3)4/h5-8,10-11,14-15H,9H2,1-4H3. The molecule has 2 heteroatoms. The lowest BCUT2D eigenvalue weighted by atomic mass is 10.1. The van der Waals surface area contributed by atoms with Crippen LogP contribution in [-0.4, -0.2) is 12.1 Å². The van der Waals surface area contributed by atoms with Crippen LogP contribution in [0, 0.1) is 0 Å². The predicted molar refractivity (Wildman–Crippen MR) is 67.2 cm³/mol. The Morgan fingerprint density at radius 2 is 1.67 bits per heavy atom. The Balaban J connectivity index is 2.68. The molecule has 0 amide bonds. The van der Waals surface area contributed by atoms with Crippen LogP contribution < -0.4 is 10.6 Å². The van der Waals surface area contributed by atoms with Gasteiger partial charge in [0.05, 0.1) is 0 Å². The minimum absolute atomic E-state index is 0.477. The van der Waals surface area contributed by atoms with Crippen molar-refractivity contribution >= 4 is 5.69 Å². The van der Waals surface area contributed by atoms with Crippen molar-refractivity contribution < 1.29 is 0 Å². The fourth-order valence-corrected chi connectivity index (χ4v) is 1.44. The highest BCUT2D eigenvalue weighted by molar-refractivity contribution is 5.51. The van der Waals surface area contributed by atoms with Gasteiger partial charge in [-0.25, -0.2) is 0 Å². The van der Waals surface area contributed by atoms with Crippen molar-refractivity contribution in [3.8, 4) is 0 Å². The summed E-state index contributed by atoms with van der Waals surface area (Å²) >= 11 is 0. The van der Waals surface area contributed by atoms with Gasteiger partial charge in [0, 0.05) is 24.3 Å². The van der Waals surface area contributed by atoms with Crippen molar-refractivity contribution in [1.82, 2.24) is 5.32 Å². The quantitative estimate of drug-likeness (QED) is 0.774. The topological polar surface area (TPSA) is 24.1 Å².